The Hall–Kier alpha value is -1.59. The van der Waals surface area contributed by atoms with E-state index in [-0.39, 0.29) is 5.97 Å². The number of nitrogens with two attached hydrogens (primary N) is 1. The van der Waals surface area contributed by atoms with Crippen LogP contribution in [0.25, 0.3) is 0 Å². The van der Waals surface area contributed by atoms with Crippen molar-refractivity contribution in [3.8, 4) is 5.75 Å². The van der Waals surface area contributed by atoms with E-state index >= 15 is 0 Å². The van der Waals surface area contributed by atoms with Crippen molar-refractivity contribution in [3.05, 3.63) is 29.3 Å². The summed E-state index contributed by atoms with van der Waals surface area (Å²) in [5.74, 6) is 0.615. The largest absolute Gasteiger partial charge is 0.496 e. The van der Waals surface area contributed by atoms with Crippen LogP contribution in [0.4, 0.5) is 0 Å². The third-order valence-corrected chi connectivity index (χ3v) is 2.95. The molecule has 106 valence electrons. The summed E-state index contributed by atoms with van der Waals surface area (Å²) in [6, 6.07) is 5.98. The van der Waals surface area contributed by atoms with Crippen molar-refractivity contribution < 1.29 is 14.3 Å². The molecule has 0 unspecified atom stereocenters. The summed E-state index contributed by atoms with van der Waals surface area (Å²) in [7, 11) is 5.00. The van der Waals surface area contributed by atoms with Crippen LogP contribution in [0, 0.1) is 0 Å². The molecule has 1 rings (SSSR count). The van der Waals surface area contributed by atoms with Gasteiger partial charge in [-0.2, -0.15) is 0 Å². The summed E-state index contributed by atoms with van der Waals surface area (Å²) >= 11 is 0. The molecule has 5 nitrogen and oxygen atoms in total. The number of rotatable bonds is 7. The minimum atomic E-state index is -0.192. The van der Waals surface area contributed by atoms with E-state index in [1.54, 1.807) is 7.11 Å². The highest BCUT2D eigenvalue weighted by molar-refractivity contribution is 5.69. The first-order valence-corrected chi connectivity index (χ1v) is 6.22. The molecule has 0 bridgehead atoms. The second kappa shape index (κ2) is 7.76. The van der Waals surface area contributed by atoms with Gasteiger partial charge >= 0.3 is 5.97 Å². The summed E-state index contributed by atoms with van der Waals surface area (Å²) in [5.41, 5.74) is 7.75. The number of benzene rings is 1. The topological polar surface area (TPSA) is 64.8 Å². The van der Waals surface area contributed by atoms with E-state index in [4.69, 9.17) is 10.5 Å². The Morgan fingerprint density at radius 2 is 2.11 bits per heavy atom. The van der Waals surface area contributed by atoms with Crippen molar-refractivity contribution in [1.82, 2.24) is 4.90 Å². The quantitative estimate of drug-likeness (QED) is 0.750. The minimum absolute atomic E-state index is 0.192. The summed E-state index contributed by atoms with van der Waals surface area (Å²) in [6.07, 6.45) is 0.394. The lowest BCUT2D eigenvalue weighted by Crippen LogP contribution is -2.22. The third-order valence-electron chi connectivity index (χ3n) is 2.95. The lowest BCUT2D eigenvalue weighted by Gasteiger charge is -2.17. The van der Waals surface area contributed by atoms with Crippen molar-refractivity contribution in [2.24, 2.45) is 5.73 Å². The molecule has 0 aliphatic rings. The van der Waals surface area contributed by atoms with Crippen LogP contribution in [0.2, 0.25) is 0 Å². The van der Waals surface area contributed by atoms with Crippen LogP contribution in [0.15, 0.2) is 18.2 Å². The molecular weight excluding hydrogens is 244 g/mol. The molecule has 0 radical (unpaired) electrons. The van der Waals surface area contributed by atoms with Gasteiger partial charge in [-0.1, -0.05) is 12.1 Å². The molecule has 19 heavy (non-hydrogen) atoms. The maximum absolute atomic E-state index is 11.1. The van der Waals surface area contributed by atoms with E-state index < -0.39 is 0 Å². The highest BCUT2D eigenvalue weighted by atomic mass is 16.5. The number of nitrogens with zero attached hydrogens (tertiary/aromatic N) is 1. The van der Waals surface area contributed by atoms with Gasteiger partial charge in [-0.15, -0.1) is 0 Å². The number of carbonyl (C=O) groups is 1. The van der Waals surface area contributed by atoms with Gasteiger partial charge in [0.05, 0.1) is 20.6 Å². The number of esters is 1. The molecule has 0 amide bonds. The van der Waals surface area contributed by atoms with E-state index in [0.717, 1.165) is 23.4 Å². The maximum atomic E-state index is 11.1. The fraction of sp³-hybridized carbons (Fsp3) is 0.500. The normalized spacial score (nSPS) is 10.6. The molecule has 0 aromatic heterocycles. The number of ether oxygens (including phenoxy) is 2. The van der Waals surface area contributed by atoms with Gasteiger partial charge in [0.2, 0.25) is 0 Å². The zero-order chi connectivity index (χ0) is 14.3. The Kier molecular flexibility index (Phi) is 6.32. The molecule has 0 spiro atoms. The monoisotopic (exact) mass is 266 g/mol. The van der Waals surface area contributed by atoms with Crippen LogP contribution in [0.5, 0.6) is 5.75 Å². The molecule has 0 aliphatic heterocycles. The van der Waals surface area contributed by atoms with Gasteiger partial charge in [-0.3, -0.25) is 4.79 Å². The number of carbonyl (C=O) groups excluding carboxylic acids is 1. The number of hydrogen-bond acceptors (Lipinski definition) is 5. The van der Waals surface area contributed by atoms with Crippen molar-refractivity contribution in [2.45, 2.75) is 19.5 Å². The van der Waals surface area contributed by atoms with E-state index in [1.807, 2.05) is 25.2 Å². The molecule has 0 saturated carbocycles. The molecular formula is C14H22N2O3. The van der Waals surface area contributed by atoms with Crippen LogP contribution in [-0.2, 0) is 22.6 Å². The molecule has 5 heteroatoms. The van der Waals surface area contributed by atoms with E-state index in [9.17, 15) is 4.79 Å². The van der Waals surface area contributed by atoms with Gasteiger partial charge in [0.15, 0.2) is 0 Å². The van der Waals surface area contributed by atoms with Crippen LogP contribution in [0.1, 0.15) is 17.5 Å². The molecule has 0 fully saturated rings. The predicted octanol–water partition coefficient (Wildman–Crippen LogP) is 1.15. The Morgan fingerprint density at radius 1 is 1.37 bits per heavy atom. The van der Waals surface area contributed by atoms with Crippen molar-refractivity contribution >= 4 is 5.97 Å². The summed E-state index contributed by atoms with van der Waals surface area (Å²) in [5, 5.41) is 0. The second-order valence-electron chi connectivity index (χ2n) is 4.41. The molecule has 2 N–H and O–H groups in total. The maximum Gasteiger partial charge on any atom is 0.306 e. The fourth-order valence-electron chi connectivity index (χ4n) is 1.83. The van der Waals surface area contributed by atoms with Gasteiger partial charge in [0.25, 0.3) is 0 Å². The van der Waals surface area contributed by atoms with Gasteiger partial charge in [-0.25, -0.2) is 0 Å². The second-order valence-corrected chi connectivity index (χ2v) is 4.41. The van der Waals surface area contributed by atoms with Crippen LogP contribution in [-0.4, -0.2) is 38.7 Å². The Balaban J connectivity index is 2.59. The minimum Gasteiger partial charge on any atom is -0.496 e. The van der Waals surface area contributed by atoms with Crippen LogP contribution >= 0.6 is 0 Å². The predicted molar refractivity (Wildman–Crippen MR) is 73.9 cm³/mol. The summed E-state index contributed by atoms with van der Waals surface area (Å²) in [4.78, 5) is 13.1. The van der Waals surface area contributed by atoms with Crippen molar-refractivity contribution in [2.75, 3.05) is 27.8 Å². The van der Waals surface area contributed by atoms with Crippen LogP contribution < -0.4 is 10.5 Å². The highest BCUT2D eigenvalue weighted by Gasteiger charge is 2.07. The fourth-order valence-corrected chi connectivity index (χ4v) is 1.83. The SMILES string of the molecule is COC(=O)CCN(C)Cc1ccc(CN)c(OC)c1. The van der Waals surface area contributed by atoms with Gasteiger partial charge in [0.1, 0.15) is 5.75 Å². The Bertz CT molecular complexity index is 421. The molecule has 1 aromatic carbocycles. The molecule has 0 atom stereocenters. The lowest BCUT2D eigenvalue weighted by molar-refractivity contribution is -0.140. The summed E-state index contributed by atoms with van der Waals surface area (Å²) in [6.45, 7) is 1.87. The van der Waals surface area contributed by atoms with E-state index in [2.05, 4.69) is 9.64 Å². The Morgan fingerprint density at radius 3 is 2.68 bits per heavy atom. The zero-order valence-corrected chi connectivity index (χ0v) is 11.8. The molecule has 0 heterocycles. The smallest absolute Gasteiger partial charge is 0.306 e. The standard InChI is InChI=1S/C14H22N2O3/c1-16(7-6-14(17)19-3)10-11-4-5-12(9-15)13(8-11)18-2/h4-5,8H,6-7,9-10,15H2,1-3H3. The average molecular weight is 266 g/mol. The summed E-state index contributed by atoms with van der Waals surface area (Å²) < 4.78 is 9.92. The number of methoxy groups -OCH3 is 2. The average Bonchev–Trinajstić information content (AvgIpc) is 2.44. The van der Waals surface area contributed by atoms with Gasteiger partial charge < -0.3 is 20.1 Å². The van der Waals surface area contributed by atoms with E-state index in [0.29, 0.717) is 19.5 Å². The van der Waals surface area contributed by atoms with Gasteiger partial charge in [-0.05, 0) is 18.7 Å². The van der Waals surface area contributed by atoms with Crippen molar-refractivity contribution in [1.29, 1.82) is 0 Å². The van der Waals surface area contributed by atoms with Gasteiger partial charge in [0, 0.05) is 25.2 Å². The first-order chi connectivity index (χ1) is 9.10. The Labute approximate surface area is 114 Å². The molecule has 0 saturated heterocycles. The highest BCUT2D eigenvalue weighted by Crippen LogP contribution is 2.20. The van der Waals surface area contributed by atoms with E-state index in [1.165, 1.54) is 7.11 Å². The molecule has 0 aliphatic carbocycles. The zero-order valence-electron chi connectivity index (χ0n) is 11.8. The first-order valence-electron chi connectivity index (χ1n) is 6.22. The molecule has 1 aromatic rings. The third kappa shape index (κ3) is 4.89. The number of hydrogen-bond donors (Lipinski definition) is 1. The lowest BCUT2D eigenvalue weighted by atomic mass is 10.1. The van der Waals surface area contributed by atoms with Crippen molar-refractivity contribution in [3.63, 3.8) is 0 Å². The first kappa shape index (κ1) is 15.5. The van der Waals surface area contributed by atoms with Crippen LogP contribution in [0.3, 0.4) is 0 Å².